The molecule has 0 spiro atoms. The number of pyridine rings is 1. The van der Waals surface area contributed by atoms with Crippen LogP contribution in [0.5, 0.6) is 5.88 Å². The first-order chi connectivity index (χ1) is 13.8. The van der Waals surface area contributed by atoms with Crippen molar-refractivity contribution in [2.45, 2.75) is 39.8 Å². The van der Waals surface area contributed by atoms with Gasteiger partial charge in [-0.15, -0.1) is 0 Å². The summed E-state index contributed by atoms with van der Waals surface area (Å²) in [6.07, 6.45) is 0. The Labute approximate surface area is 172 Å². The zero-order valence-electron chi connectivity index (χ0n) is 17.6. The average Bonchev–Trinajstić information content (AvgIpc) is 2.68. The van der Waals surface area contributed by atoms with E-state index in [0.717, 1.165) is 23.5 Å². The van der Waals surface area contributed by atoms with Gasteiger partial charge in [0, 0.05) is 48.3 Å². The lowest BCUT2D eigenvalue weighted by Crippen LogP contribution is -2.59. The Balaban J connectivity index is 1.73. The first-order valence-electron chi connectivity index (χ1n) is 9.67. The minimum Gasteiger partial charge on any atom is -0.481 e. The van der Waals surface area contributed by atoms with Crippen LogP contribution >= 0.6 is 0 Å². The second kappa shape index (κ2) is 8.39. The van der Waals surface area contributed by atoms with E-state index in [4.69, 9.17) is 11.3 Å². The number of hydrogen-bond acceptors (Lipinski definition) is 4. The summed E-state index contributed by atoms with van der Waals surface area (Å²) in [5.74, 6) is 0.477. The van der Waals surface area contributed by atoms with Crippen LogP contribution in [0.15, 0.2) is 30.3 Å². The predicted molar refractivity (Wildman–Crippen MR) is 115 cm³/mol. The zero-order valence-corrected chi connectivity index (χ0v) is 17.6. The molecule has 0 radical (unpaired) electrons. The number of nitrogens with zero attached hydrogens (tertiary/aromatic N) is 4. The van der Waals surface area contributed by atoms with E-state index in [1.165, 1.54) is 0 Å². The maximum atomic E-state index is 12.9. The highest BCUT2D eigenvalue weighted by atomic mass is 16.5. The number of rotatable bonds is 3. The monoisotopic (exact) mass is 393 g/mol. The summed E-state index contributed by atoms with van der Waals surface area (Å²) in [7, 11) is 1.56. The van der Waals surface area contributed by atoms with Crippen LogP contribution in [0.3, 0.4) is 0 Å². The molecule has 0 bridgehead atoms. The van der Waals surface area contributed by atoms with Crippen LogP contribution in [-0.2, 0) is 0 Å². The second-order valence-electron chi connectivity index (χ2n) is 7.56. The molecule has 1 aliphatic heterocycles. The van der Waals surface area contributed by atoms with E-state index in [0.29, 0.717) is 23.8 Å². The predicted octanol–water partition coefficient (Wildman–Crippen LogP) is 4.39. The Hall–Kier alpha value is -3.27. The molecule has 0 saturated carbocycles. The molecular weight excluding hydrogens is 366 g/mol. The lowest BCUT2D eigenvalue weighted by molar-refractivity contribution is 0.173. The van der Waals surface area contributed by atoms with Crippen LogP contribution in [0, 0.1) is 20.4 Å². The van der Waals surface area contributed by atoms with E-state index in [1.807, 2.05) is 36.9 Å². The quantitative estimate of drug-likeness (QED) is 0.786. The van der Waals surface area contributed by atoms with E-state index < -0.39 is 0 Å². The standard InChI is InChI=1S/C22H27N5O2/c1-14-9-19(7-8-20(14)23-5)26-12-17(4)27(13-16(26)3)22(28)25-18-10-15(2)24-21(11-18)29-6/h7-11,16-17H,12-13H2,1-4,6H3,(H,24,25,28)/t16-,17+/m0/s1. The van der Waals surface area contributed by atoms with Crippen molar-refractivity contribution in [3.8, 4) is 5.88 Å². The van der Waals surface area contributed by atoms with Gasteiger partial charge in [0.15, 0.2) is 5.69 Å². The highest BCUT2D eigenvalue weighted by Gasteiger charge is 2.32. The summed E-state index contributed by atoms with van der Waals surface area (Å²) < 4.78 is 5.19. The average molecular weight is 393 g/mol. The van der Waals surface area contributed by atoms with Crippen LogP contribution in [0.25, 0.3) is 4.85 Å². The van der Waals surface area contributed by atoms with Crippen LogP contribution in [0.1, 0.15) is 25.1 Å². The molecule has 1 aliphatic rings. The minimum atomic E-state index is -0.129. The highest BCUT2D eigenvalue weighted by Crippen LogP contribution is 2.29. The third-order valence-corrected chi connectivity index (χ3v) is 5.27. The van der Waals surface area contributed by atoms with Gasteiger partial charge in [-0.05, 0) is 51.5 Å². The molecule has 2 amide bonds. The normalized spacial score (nSPS) is 18.9. The molecule has 1 N–H and O–H groups in total. The lowest BCUT2D eigenvalue weighted by Gasteiger charge is -2.45. The highest BCUT2D eigenvalue weighted by molar-refractivity contribution is 5.90. The van der Waals surface area contributed by atoms with Crippen LogP contribution in [-0.4, -0.2) is 48.2 Å². The van der Waals surface area contributed by atoms with Crippen molar-refractivity contribution in [2.75, 3.05) is 30.4 Å². The van der Waals surface area contributed by atoms with Crippen LogP contribution in [0.2, 0.25) is 0 Å². The fourth-order valence-corrected chi connectivity index (χ4v) is 3.72. The van der Waals surface area contributed by atoms with E-state index in [9.17, 15) is 4.79 Å². The van der Waals surface area contributed by atoms with Crippen LogP contribution < -0.4 is 15.0 Å². The third-order valence-electron chi connectivity index (χ3n) is 5.27. The molecule has 0 unspecified atom stereocenters. The summed E-state index contributed by atoms with van der Waals surface area (Å²) in [6, 6.07) is 9.53. The number of aromatic nitrogens is 1. The number of nitrogens with one attached hydrogen (secondary N) is 1. The SMILES string of the molecule is [C-]#[N+]c1ccc(N2C[C@@H](C)N(C(=O)Nc3cc(C)nc(OC)c3)C[C@@H]2C)cc1C. The van der Waals surface area contributed by atoms with E-state index in [2.05, 4.69) is 40.0 Å². The van der Waals surface area contributed by atoms with Gasteiger partial charge in [0.1, 0.15) is 0 Å². The molecule has 1 saturated heterocycles. The van der Waals surface area contributed by atoms with Gasteiger partial charge in [0.25, 0.3) is 0 Å². The topological polar surface area (TPSA) is 62.1 Å². The molecule has 7 nitrogen and oxygen atoms in total. The number of hydrogen-bond donors (Lipinski definition) is 1. The van der Waals surface area contributed by atoms with Gasteiger partial charge in [0.05, 0.1) is 13.7 Å². The Morgan fingerprint density at radius 1 is 1.21 bits per heavy atom. The molecule has 0 aliphatic carbocycles. The summed E-state index contributed by atoms with van der Waals surface area (Å²) in [5.41, 5.74) is 4.19. The maximum absolute atomic E-state index is 12.9. The van der Waals surface area contributed by atoms with Crippen molar-refractivity contribution >= 4 is 23.1 Å². The van der Waals surface area contributed by atoms with Gasteiger partial charge in [-0.25, -0.2) is 14.6 Å². The first kappa shape index (κ1) is 20.5. The van der Waals surface area contributed by atoms with Gasteiger partial charge in [0.2, 0.25) is 5.88 Å². The molecular formula is C22H27N5O2. The van der Waals surface area contributed by atoms with E-state index in [1.54, 1.807) is 13.2 Å². The Bertz CT molecular complexity index is 953. The third kappa shape index (κ3) is 4.43. The second-order valence-corrected chi connectivity index (χ2v) is 7.56. The van der Waals surface area contributed by atoms with Crippen molar-refractivity contribution in [3.63, 3.8) is 0 Å². The van der Waals surface area contributed by atoms with Gasteiger partial charge >= 0.3 is 6.03 Å². The molecule has 1 aromatic heterocycles. The zero-order chi connectivity index (χ0) is 21.1. The number of benzene rings is 1. The molecule has 2 atom stereocenters. The fraction of sp³-hybridized carbons (Fsp3) is 0.409. The fourth-order valence-electron chi connectivity index (χ4n) is 3.72. The molecule has 152 valence electrons. The summed E-state index contributed by atoms with van der Waals surface area (Å²) in [4.78, 5) is 24.9. The number of ether oxygens (including phenoxy) is 1. The van der Waals surface area contributed by atoms with Gasteiger partial charge in [-0.2, -0.15) is 0 Å². The van der Waals surface area contributed by atoms with Crippen LogP contribution in [0.4, 0.5) is 21.9 Å². The molecule has 7 heteroatoms. The molecule has 29 heavy (non-hydrogen) atoms. The number of piperazine rings is 1. The largest absolute Gasteiger partial charge is 0.481 e. The van der Waals surface area contributed by atoms with Gasteiger partial charge < -0.3 is 19.9 Å². The number of amides is 2. The van der Waals surface area contributed by atoms with Crippen molar-refractivity contribution in [1.82, 2.24) is 9.88 Å². The Morgan fingerprint density at radius 2 is 1.97 bits per heavy atom. The minimum absolute atomic E-state index is 0.0388. The van der Waals surface area contributed by atoms with Crippen molar-refractivity contribution in [1.29, 1.82) is 0 Å². The molecule has 2 aromatic rings. The van der Waals surface area contributed by atoms with E-state index >= 15 is 0 Å². The summed E-state index contributed by atoms with van der Waals surface area (Å²) in [5, 5.41) is 2.97. The molecule has 1 aromatic carbocycles. The lowest BCUT2D eigenvalue weighted by atomic mass is 10.1. The molecule has 3 rings (SSSR count). The number of carbonyl (C=O) groups is 1. The Kier molecular flexibility index (Phi) is 5.92. The van der Waals surface area contributed by atoms with E-state index in [-0.39, 0.29) is 18.1 Å². The maximum Gasteiger partial charge on any atom is 0.322 e. The number of methoxy groups -OCH3 is 1. The number of anilines is 2. The number of aryl methyl sites for hydroxylation is 2. The summed E-state index contributed by atoms with van der Waals surface area (Å²) in [6.45, 7) is 16.5. The summed E-state index contributed by atoms with van der Waals surface area (Å²) >= 11 is 0. The Morgan fingerprint density at radius 3 is 2.62 bits per heavy atom. The molecule has 2 heterocycles. The van der Waals surface area contributed by atoms with Gasteiger partial charge in [-0.3, -0.25) is 0 Å². The first-order valence-corrected chi connectivity index (χ1v) is 9.67. The van der Waals surface area contributed by atoms with Crippen molar-refractivity contribution in [2.24, 2.45) is 0 Å². The molecule has 1 fully saturated rings. The van der Waals surface area contributed by atoms with Gasteiger partial charge in [-0.1, -0.05) is 6.07 Å². The smallest absolute Gasteiger partial charge is 0.322 e. The van der Waals surface area contributed by atoms with Crippen molar-refractivity contribution < 1.29 is 9.53 Å². The number of carbonyl (C=O) groups excluding carboxylic acids is 1. The number of urea groups is 1. The van der Waals surface area contributed by atoms with Crippen molar-refractivity contribution in [3.05, 3.63) is 53.0 Å².